The second-order valence-corrected chi connectivity index (χ2v) is 11.7. The summed E-state index contributed by atoms with van der Waals surface area (Å²) in [7, 11) is -1.25. The summed E-state index contributed by atoms with van der Waals surface area (Å²) >= 11 is 4.46. The van der Waals surface area contributed by atoms with Crippen LogP contribution in [0.5, 0.6) is 0 Å². The number of ketones is 1. The molecule has 1 saturated heterocycles. The van der Waals surface area contributed by atoms with Gasteiger partial charge in [-0.05, 0) is 41.5 Å². The van der Waals surface area contributed by atoms with Crippen LogP contribution in [0.2, 0.25) is 0 Å². The molecule has 0 spiro atoms. The number of sulfonamides is 1. The maximum Gasteiger partial charge on any atom is 0.339 e. The number of anilines is 1. The molecule has 11 heteroatoms. The number of carbonyl (C=O) groups excluding carboxylic acids is 3. The molecule has 1 fully saturated rings. The number of hydrogen-bond acceptors (Lipinski definition) is 8. The van der Waals surface area contributed by atoms with Crippen molar-refractivity contribution in [3.05, 3.63) is 72.3 Å². The highest BCUT2D eigenvalue weighted by Gasteiger charge is 2.44. The number of rotatable bonds is 9. The van der Waals surface area contributed by atoms with Crippen molar-refractivity contribution >= 4 is 56.8 Å². The molecule has 0 aromatic heterocycles. The van der Waals surface area contributed by atoms with Gasteiger partial charge in [-0.15, -0.1) is 0 Å². The molecular formula is C27H29N3O6S2. The number of benzene rings is 3. The van der Waals surface area contributed by atoms with E-state index in [1.807, 2.05) is 24.3 Å². The highest BCUT2D eigenvalue weighted by Crippen LogP contribution is 2.31. The first-order valence-corrected chi connectivity index (χ1v) is 13.9. The van der Waals surface area contributed by atoms with E-state index in [1.165, 1.54) is 29.4 Å². The summed E-state index contributed by atoms with van der Waals surface area (Å²) in [6, 6.07) is 18.0. The van der Waals surface area contributed by atoms with Crippen LogP contribution in [-0.4, -0.2) is 80.4 Å². The van der Waals surface area contributed by atoms with Gasteiger partial charge in [0.1, 0.15) is 6.04 Å². The number of esters is 1. The van der Waals surface area contributed by atoms with Gasteiger partial charge in [0.2, 0.25) is 15.9 Å². The van der Waals surface area contributed by atoms with Gasteiger partial charge in [0.25, 0.3) is 0 Å². The Morgan fingerprint density at radius 1 is 1.05 bits per heavy atom. The molecule has 0 aliphatic carbocycles. The number of ether oxygens (including phenoxy) is 1. The lowest BCUT2D eigenvalue weighted by molar-refractivity contribution is -0.136. The minimum absolute atomic E-state index is 0.0856. The van der Waals surface area contributed by atoms with Crippen LogP contribution in [0.15, 0.2) is 71.6 Å². The third-order valence-electron chi connectivity index (χ3n) is 6.44. The first kappa shape index (κ1) is 27.6. The number of para-hydroxylation sites is 1. The topological polar surface area (TPSA) is 113 Å². The standard InChI is InChI=1S/C27H29N3O6S2/c1-29(16-20(31)15-28-24-10-6-5-9-23(24)27(33)36-2)26(32)25-14-21(37)17-30(25)38(34,35)22-12-11-18-7-3-4-8-19(18)13-22/h3-13,21,25,28,37H,14-17H2,1-2H3. The number of nitrogens with zero attached hydrogens (tertiary/aromatic N) is 2. The molecule has 3 aromatic carbocycles. The van der Waals surface area contributed by atoms with Gasteiger partial charge >= 0.3 is 5.97 Å². The Labute approximate surface area is 227 Å². The summed E-state index contributed by atoms with van der Waals surface area (Å²) in [5.74, 6) is -1.33. The van der Waals surface area contributed by atoms with Crippen LogP contribution in [0.1, 0.15) is 16.8 Å². The number of likely N-dealkylation sites (N-methyl/N-ethyl adjacent to an activating group) is 1. The van der Waals surface area contributed by atoms with Crippen molar-refractivity contribution in [2.24, 2.45) is 0 Å². The van der Waals surface area contributed by atoms with Gasteiger partial charge in [-0.2, -0.15) is 16.9 Å². The largest absolute Gasteiger partial charge is 0.465 e. The van der Waals surface area contributed by atoms with Gasteiger partial charge in [0.05, 0.1) is 30.7 Å². The molecule has 1 aliphatic rings. The van der Waals surface area contributed by atoms with Crippen molar-refractivity contribution in [1.82, 2.24) is 9.21 Å². The maximum absolute atomic E-state index is 13.6. The third kappa shape index (κ3) is 5.85. The Morgan fingerprint density at radius 2 is 1.74 bits per heavy atom. The Balaban J connectivity index is 1.45. The number of nitrogens with one attached hydrogen (secondary N) is 1. The molecule has 0 radical (unpaired) electrons. The van der Waals surface area contributed by atoms with Gasteiger partial charge in [0.15, 0.2) is 5.78 Å². The molecule has 1 aliphatic heterocycles. The molecule has 1 N–H and O–H groups in total. The van der Waals surface area contributed by atoms with E-state index < -0.39 is 27.9 Å². The zero-order valence-corrected chi connectivity index (χ0v) is 22.7. The van der Waals surface area contributed by atoms with E-state index in [-0.39, 0.29) is 47.5 Å². The number of amides is 1. The lowest BCUT2D eigenvalue weighted by Gasteiger charge is -2.27. The van der Waals surface area contributed by atoms with Gasteiger partial charge in [0, 0.05) is 24.5 Å². The number of hydrogen-bond donors (Lipinski definition) is 2. The van der Waals surface area contributed by atoms with Crippen LogP contribution in [0.25, 0.3) is 10.8 Å². The van der Waals surface area contributed by atoms with Gasteiger partial charge in [-0.3, -0.25) is 9.59 Å². The zero-order valence-electron chi connectivity index (χ0n) is 21.0. The molecule has 1 heterocycles. The van der Waals surface area contributed by atoms with E-state index in [0.29, 0.717) is 5.69 Å². The van der Waals surface area contributed by atoms with Crippen molar-refractivity contribution < 1.29 is 27.5 Å². The quantitative estimate of drug-likeness (QED) is 0.308. The number of methoxy groups -OCH3 is 1. The van der Waals surface area contributed by atoms with Crippen molar-refractivity contribution in [2.75, 3.05) is 39.1 Å². The maximum atomic E-state index is 13.6. The summed E-state index contributed by atoms with van der Waals surface area (Å²) in [5.41, 5.74) is 0.718. The zero-order chi connectivity index (χ0) is 27.4. The molecule has 0 saturated carbocycles. The number of thiol groups is 1. The predicted octanol–water partition coefficient (Wildman–Crippen LogP) is 2.83. The smallest absolute Gasteiger partial charge is 0.339 e. The second-order valence-electron chi connectivity index (χ2n) is 9.11. The number of carbonyl (C=O) groups is 3. The molecule has 0 bridgehead atoms. The molecule has 9 nitrogen and oxygen atoms in total. The minimum Gasteiger partial charge on any atom is -0.465 e. The summed E-state index contributed by atoms with van der Waals surface area (Å²) in [6.45, 7) is -0.281. The molecular weight excluding hydrogens is 526 g/mol. The van der Waals surface area contributed by atoms with Crippen molar-refractivity contribution in [3.63, 3.8) is 0 Å². The Kier molecular flexibility index (Phi) is 8.39. The van der Waals surface area contributed by atoms with E-state index in [2.05, 4.69) is 17.9 Å². The average molecular weight is 556 g/mol. The first-order valence-electron chi connectivity index (χ1n) is 12.0. The van der Waals surface area contributed by atoms with E-state index in [4.69, 9.17) is 4.74 Å². The molecule has 1 amide bonds. The van der Waals surface area contributed by atoms with E-state index in [1.54, 1.807) is 36.4 Å². The number of Topliss-reactive ketones (excluding diaryl/α,β-unsaturated/α-hetero) is 1. The normalized spacial score (nSPS) is 17.8. The molecule has 38 heavy (non-hydrogen) atoms. The summed E-state index contributed by atoms with van der Waals surface area (Å²) < 4.78 is 33.1. The number of fused-ring (bicyclic) bond motifs is 1. The van der Waals surface area contributed by atoms with Crippen molar-refractivity contribution in [3.8, 4) is 0 Å². The Morgan fingerprint density at radius 3 is 2.47 bits per heavy atom. The van der Waals surface area contributed by atoms with Crippen LogP contribution >= 0.6 is 12.6 Å². The summed E-state index contributed by atoms with van der Waals surface area (Å²) in [4.78, 5) is 39.3. The van der Waals surface area contributed by atoms with E-state index in [0.717, 1.165) is 10.8 Å². The van der Waals surface area contributed by atoms with E-state index in [9.17, 15) is 22.8 Å². The molecule has 200 valence electrons. The Hall–Kier alpha value is -3.41. The molecule has 2 unspecified atom stereocenters. The second kappa shape index (κ2) is 11.5. The molecule has 2 atom stereocenters. The fraction of sp³-hybridized carbons (Fsp3) is 0.296. The van der Waals surface area contributed by atoms with Gasteiger partial charge in [-0.25, -0.2) is 13.2 Å². The predicted molar refractivity (Wildman–Crippen MR) is 148 cm³/mol. The van der Waals surface area contributed by atoms with E-state index >= 15 is 0 Å². The SMILES string of the molecule is COC(=O)c1ccccc1NCC(=O)CN(C)C(=O)C1CC(S)CN1S(=O)(=O)c1ccc2ccccc2c1. The summed E-state index contributed by atoms with van der Waals surface area (Å²) in [5, 5.41) is 4.28. The van der Waals surface area contributed by atoms with Crippen molar-refractivity contribution in [1.29, 1.82) is 0 Å². The third-order valence-corrected chi connectivity index (χ3v) is 8.69. The highest BCUT2D eigenvalue weighted by atomic mass is 32.2. The Bertz CT molecular complexity index is 1480. The van der Waals surface area contributed by atoms with Gasteiger partial charge in [-0.1, -0.05) is 42.5 Å². The lowest BCUT2D eigenvalue weighted by Crippen LogP contribution is -2.48. The fourth-order valence-corrected chi connectivity index (χ4v) is 6.67. The first-order chi connectivity index (χ1) is 18.1. The highest BCUT2D eigenvalue weighted by molar-refractivity contribution is 7.89. The molecule has 4 rings (SSSR count). The fourth-order valence-electron chi connectivity index (χ4n) is 4.51. The van der Waals surface area contributed by atoms with Gasteiger partial charge < -0.3 is 15.0 Å². The van der Waals surface area contributed by atoms with Crippen LogP contribution in [0.4, 0.5) is 5.69 Å². The van der Waals surface area contributed by atoms with Crippen molar-refractivity contribution in [2.45, 2.75) is 22.6 Å². The van der Waals surface area contributed by atoms with Crippen LogP contribution in [0, 0.1) is 0 Å². The van der Waals surface area contributed by atoms with Crippen LogP contribution in [0.3, 0.4) is 0 Å². The monoisotopic (exact) mass is 555 g/mol. The average Bonchev–Trinajstić information content (AvgIpc) is 3.33. The lowest BCUT2D eigenvalue weighted by atomic mass is 10.1. The van der Waals surface area contributed by atoms with Crippen LogP contribution < -0.4 is 5.32 Å². The van der Waals surface area contributed by atoms with Crippen LogP contribution in [-0.2, 0) is 24.3 Å². The molecule has 3 aromatic rings. The minimum atomic E-state index is -3.99. The summed E-state index contributed by atoms with van der Waals surface area (Å²) in [6.07, 6.45) is 0.234.